The van der Waals surface area contributed by atoms with E-state index in [1.54, 1.807) is 6.92 Å². The summed E-state index contributed by atoms with van der Waals surface area (Å²) in [5.74, 6) is -0.164. The molecule has 96 valence electrons. The fraction of sp³-hybridized carbons (Fsp3) is 0.357. The molecule has 0 radical (unpaired) electrons. The van der Waals surface area contributed by atoms with E-state index in [9.17, 15) is 4.79 Å². The first-order valence-electron chi connectivity index (χ1n) is 6.27. The van der Waals surface area contributed by atoms with Crippen LogP contribution in [0.5, 0.6) is 0 Å². The Morgan fingerprint density at radius 1 is 1.44 bits per heavy atom. The average molecular weight is 245 g/mol. The van der Waals surface area contributed by atoms with Gasteiger partial charge in [-0.15, -0.1) is 0 Å². The fourth-order valence-electron chi connectivity index (χ4n) is 1.95. The lowest BCUT2D eigenvalue weighted by molar-refractivity contribution is -0.117. The zero-order valence-corrected chi connectivity index (χ0v) is 10.8. The molecule has 1 aromatic carbocycles. The molecular weight excluding hydrogens is 226 g/mol. The number of fused-ring (bicyclic) bond motifs is 1. The SMILES string of the molecule is CCCn1ccc2ccc(NC(=O)[C@H](C)N)cc21. The van der Waals surface area contributed by atoms with Gasteiger partial charge in [0, 0.05) is 18.4 Å². The summed E-state index contributed by atoms with van der Waals surface area (Å²) in [5, 5.41) is 4.00. The minimum atomic E-state index is -0.497. The van der Waals surface area contributed by atoms with Crippen molar-refractivity contribution in [1.29, 1.82) is 0 Å². The molecule has 0 fully saturated rings. The highest BCUT2D eigenvalue weighted by Gasteiger charge is 2.08. The van der Waals surface area contributed by atoms with Gasteiger partial charge in [0.25, 0.3) is 0 Å². The third kappa shape index (κ3) is 2.54. The van der Waals surface area contributed by atoms with Crippen molar-refractivity contribution in [2.24, 2.45) is 5.73 Å². The minimum absolute atomic E-state index is 0.164. The Hall–Kier alpha value is -1.81. The molecule has 1 atom stereocenters. The Kier molecular flexibility index (Phi) is 3.67. The quantitative estimate of drug-likeness (QED) is 0.868. The number of benzene rings is 1. The van der Waals surface area contributed by atoms with Crippen molar-refractivity contribution in [1.82, 2.24) is 4.57 Å². The van der Waals surface area contributed by atoms with Gasteiger partial charge in [-0.2, -0.15) is 0 Å². The standard InChI is InChI=1S/C14H19N3O/c1-3-7-17-8-6-11-4-5-12(9-13(11)17)16-14(18)10(2)15/h4-6,8-10H,3,7,15H2,1-2H3,(H,16,18)/t10-/m0/s1. The first-order chi connectivity index (χ1) is 8.61. The molecule has 18 heavy (non-hydrogen) atoms. The molecule has 2 aromatic rings. The second kappa shape index (κ2) is 5.23. The predicted molar refractivity (Wildman–Crippen MR) is 74.5 cm³/mol. The van der Waals surface area contributed by atoms with Gasteiger partial charge < -0.3 is 15.6 Å². The largest absolute Gasteiger partial charge is 0.347 e. The summed E-state index contributed by atoms with van der Waals surface area (Å²) in [6, 6.07) is 7.49. The highest BCUT2D eigenvalue weighted by Crippen LogP contribution is 2.21. The van der Waals surface area contributed by atoms with Crippen LogP contribution in [-0.4, -0.2) is 16.5 Å². The first kappa shape index (κ1) is 12.6. The molecule has 0 aliphatic heterocycles. The van der Waals surface area contributed by atoms with Crippen LogP contribution in [0.25, 0.3) is 10.9 Å². The van der Waals surface area contributed by atoms with E-state index in [1.807, 2.05) is 18.2 Å². The van der Waals surface area contributed by atoms with Crippen LogP contribution in [-0.2, 0) is 11.3 Å². The molecule has 1 heterocycles. The number of carbonyl (C=O) groups excluding carboxylic acids is 1. The van der Waals surface area contributed by atoms with E-state index in [-0.39, 0.29) is 5.91 Å². The molecule has 1 aromatic heterocycles. The van der Waals surface area contributed by atoms with Gasteiger partial charge in [-0.3, -0.25) is 4.79 Å². The third-order valence-corrected chi connectivity index (χ3v) is 2.92. The van der Waals surface area contributed by atoms with Crippen molar-refractivity contribution in [3.8, 4) is 0 Å². The minimum Gasteiger partial charge on any atom is -0.347 e. The van der Waals surface area contributed by atoms with Gasteiger partial charge >= 0.3 is 0 Å². The number of hydrogen-bond acceptors (Lipinski definition) is 2. The summed E-state index contributed by atoms with van der Waals surface area (Å²) >= 11 is 0. The monoisotopic (exact) mass is 245 g/mol. The zero-order chi connectivity index (χ0) is 13.1. The first-order valence-corrected chi connectivity index (χ1v) is 6.27. The van der Waals surface area contributed by atoms with Crippen molar-refractivity contribution >= 4 is 22.5 Å². The maximum absolute atomic E-state index is 11.6. The smallest absolute Gasteiger partial charge is 0.240 e. The van der Waals surface area contributed by atoms with Crippen molar-refractivity contribution in [3.63, 3.8) is 0 Å². The molecule has 0 saturated heterocycles. The van der Waals surface area contributed by atoms with E-state index in [4.69, 9.17) is 5.73 Å². The average Bonchev–Trinajstić information content (AvgIpc) is 2.72. The molecule has 1 amide bonds. The van der Waals surface area contributed by atoms with Gasteiger partial charge in [0.1, 0.15) is 0 Å². The third-order valence-electron chi connectivity index (χ3n) is 2.92. The number of nitrogens with two attached hydrogens (primary N) is 1. The van der Waals surface area contributed by atoms with Crippen molar-refractivity contribution in [3.05, 3.63) is 30.5 Å². The molecule has 0 aliphatic carbocycles. The molecule has 4 nitrogen and oxygen atoms in total. The molecular formula is C14H19N3O. The van der Waals surface area contributed by atoms with Crippen LogP contribution in [0.15, 0.2) is 30.5 Å². The normalized spacial score (nSPS) is 12.6. The summed E-state index contributed by atoms with van der Waals surface area (Å²) in [7, 11) is 0. The zero-order valence-electron chi connectivity index (χ0n) is 10.8. The Labute approximate surface area is 107 Å². The Bertz CT molecular complexity index is 557. The second-order valence-electron chi connectivity index (χ2n) is 4.56. The van der Waals surface area contributed by atoms with Crippen LogP contribution in [0.1, 0.15) is 20.3 Å². The summed E-state index contributed by atoms with van der Waals surface area (Å²) in [5.41, 5.74) is 7.47. The fourth-order valence-corrected chi connectivity index (χ4v) is 1.95. The maximum atomic E-state index is 11.6. The molecule has 2 rings (SSSR count). The van der Waals surface area contributed by atoms with Gasteiger partial charge in [-0.1, -0.05) is 13.0 Å². The number of rotatable bonds is 4. The van der Waals surface area contributed by atoms with E-state index in [1.165, 1.54) is 5.39 Å². The Balaban J connectivity index is 2.30. The topological polar surface area (TPSA) is 60.0 Å². The number of amides is 1. The van der Waals surface area contributed by atoms with Crippen LogP contribution >= 0.6 is 0 Å². The molecule has 0 spiro atoms. The molecule has 0 saturated carbocycles. The van der Waals surface area contributed by atoms with Gasteiger partial charge in [-0.25, -0.2) is 0 Å². The van der Waals surface area contributed by atoms with E-state index in [2.05, 4.69) is 29.1 Å². The maximum Gasteiger partial charge on any atom is 0.240 e. The van der Waals surface area contributed by atoms with Crippen molar-refractivity contribution < 1.29 is 4.79 Å². The summed E-state index contributed by atoms with van der Waals surface area (Å²) in [4.78, 5) is 11.6. The van der Waals surface area contributed by atoms with Crippen LogP contribution in [0.2, 0.25) is 0 Å². The highest BCUT2D eigenvalue weighted by molar-refractivity contribution is 5.96. The molecule has 0 aliphatic rings. The van der Waals surface area contributed by atoms with Crippen LogP contribution in [0.4, 0.5) is 5.69 Å². The molecule has 4 heteroatoms. The summed E-state index contributed by atoms with van der Waals surface area (Å²) in [6.45, 7) is 4.80. The van der Waals surface area contributed by atoms with Crippen LogP contribution in [0.3, 0.4) is 0 Å². The van der Waals surface area contributed by atoms with Gasteiger partial charge in [0.2, 0.25) is 5.91 Å². The van der Waals surface area contributed by atoms with Gasteiger partial charge in [0.05, 0.1) is 11.6 Å². The van der Waals surface area contributed by atoms with Crippen molar-refractivity contribution in [2.75, 3.05) is 5.32 Å². The molecule has 0 bridgehead atoms. The highest BCUT2D eigenvalue weighted by atomic mass is 16.2. The Morgan fingerprint density at radius 2 is 2.22 bits per heavy atom. The Morgan fingerprint density at radius 3 is 2.89 bits per heavy atom. The van der Waals surface area contributed by atoms with Gasteiger partial charge in [-0.05, 0) is 36.9 Å². The van der Waals surface area contributed by atoms with E-state index < -0.39 is 6.04 Å². The second-order valence-corrected chi connectivity index (χ2v) is 4.56. The van der Waals surface area contributed by atoms with E-state index in [0.717, 1.165) is 24.2 Å². The lowest BCUT2D eigenvalue weighted by Gasteiger charge is -2.09. The number of nitrogens with zero attached hydrogens (tertiary/aromatic N) is 1. The van der Waals surface area contributed by atoms with E-state index >= 15 is 0 Å². The number of aromatic nitrogens is 1. The summed E-state index contributed by atoms with van der Waals surface area (Å²) in [6.07, 6.45) is 3.16. The predicted octanol–water partition coefficient (Wildman–Crippen LogP) is 2.34. The lowest BCUT2D eigenvalue weighted by Crippen LogP contribution is -2.32. The van der Waals surface area contributed by atoms with Crippen LogP contribution in [0, 0.1) is 0 Å². The number of aryl methyl sites for hydroxylation is 1. The lowest BCUT2D eigenvalue weighted by atomic mass is 10.2. The van der Waals surface area contributed by atoms with E-state index in [0.29, 0.717) is 0 Å². The van der Waals surface area contributed by atoms with Crippen LogP contribution < -0.4 is 11.1 Å². The van der Waals surface area contributed by atoms with Gasteiger partial charge in [0.15, 0.2) is 0 Å². The number of nitrogens with one attached hydrogen (secondary N) is 1. The van der Waals surface area contributed by atoms with Crippen molar-refractivity contribution in [2.45, 2.75) is 32.9 Å². The number of anilines is 1. The number of hydrogen-bond donors (Lipinski definition) is 2. The molecule has 3 N–H and O–H groups in total. The summed E-state index contributed by atoms with van der Waals surface area (Å²) < 4.78 is 2.19. The number of carbonyl (C=O) groups is 1. The molecule has 0 unspecified atom stereocenters.